The van der Waals surface area contributed by atoms with Crippen LogP contribution in [-0.2, 0) is 9.47 Å². The van der Waals surface area contributed by atoms with Crippen LogP contribution >= 0.6 is 0 Å². The first kappa shape index (κ1) is 16.3. The zero-order chi connectivity index (χ0) is 16.1. The standard InChI is InChI=1S/C18H26N2O3/c1-2-22-18(21)20-11-8-15(9-12-20)19-16-10-13-23-17(16)14-6-4-3-5-7-14/h3-7,15-17,19H,2,8-13H2,1H3. The molecule has 2 aliphatic rings. The fraction of sp³-hybridized carbons (Fsp3) is 0.611. The molecule has 2 aliphatic heterocycles. The predicted molar refractivity (Wildman–Crippen MR) is 88.3 cm³/mol. The van der Waals surface area contributed by atoms with Crippen molar-refractivity contribution in [1.82, 2.24) is 10.2 Å². The molecule has 126 valence electrons. The number of hydrogen-bond donors (Lipinski definition) is 1. The number of piperidine rings is 1. The molecule has 2 saturated heterocycles. The van der Waals surface area contributed by atoms with E-state index in [9.17, 15) is 4.79 Å². The SMILES string of the molecule is CCOC(=O)N1CCC(NC2CCOC2c2ccccc2)CC1. The number of ether oxygens (including phenoxy) is 2. The van der Waals surface area contributed by atoms with Gasteiger partial charge in [0.05, 0.1) is 12.7 Å². The van der Waals surface area contributed by atoms with Gasteiger partial charge in [0.25, 0.3) is 0 Å². The largest absolute Gasteiger partial charge is 0.450 e. The van der Waals surface area contributed by atoms with E-state index in [1.165, 1.54) is 5.56 Å². The minimum Gasteiger partial charge on any atom is -0.450 e. The molecule has 0 spiro atoms. The van der Waals surface area contributed by atoms with Crippen LogP contribution in [0.1, 0.15) is 37.9 Å². The van der Waals surface area contributed by atoms with Crippen molar-refractivity contribution < 1.29 is 14.3 Å². The first-order chi connectivity index (χ1) is 11.3. The highest BCUT2D eigenvalue weighted by Gasteiger charge is 2.32. The van der Waals surface area contributed by atoms with E-state index in [2.05, 4.69) is 29.6 Å². The summed E-state index contributed by atoms with van der Waals surface area (Å²) in [7, 11) is 0. The number of benzene rings is 1. The Labute approximate surface area is 137 Å². The summed E-state index contributed by atoms with van der Waals surface area (Å²) in [6.45, 7) is 4.62. The van der Waals surface area contributed by atoms with Crippen molar-refractivity contribution in [3.8, 4) is 0 Å². The molecule has 2 fully saturated rings. The summed E-state index contributed by atoms with van der Waals surface area (Å²) in [5.41, 5.74) is 1.24. The first-order valence-corrected chi connectivity index (χ1v) is 8.62. The van der Waals surface area contributed by atoms with Gasteiger partial charge in [0.2, 0.25) is 0 Å². The molecule has 0 bridgehead atoms. The minimum atomic E-state index is -0.183. The lowest BCUT2D eigenvalue weighted by molar-refractivity contribution is 0.0834. The van der Waals surface area contributed by atoms with Crippen LogP contribution in [0.2, 0.25) is 0 Å². The van der Waals surface area contributed by atoms with Gasteiger partial charge in [-0.05, 0) is 31.7 Å². The Kier molecular flexibility index (Phi) is 5.51. The molecule has 1 aromatic carbocycles. The van der Waals surface area contributed by atoms with Crippen molar-refractivity contribution in [1.29, 1.82) is 0 Å². The maximum absolute atomic E-state index is 11.7. The second-order valence-corrected chi connectivity index (χ2v) is 6.22. The highest BCUT2D eigenvalue weighted by atomic mass is 16.6. The Morgan fingerprint density at radius 1 is 1.26 bits per heavy atom. The number of carbonyl (C=O) groups excluding carboxylic acids is 1. The molecule has 0 aromatic heterocycles. The third-order valence-corrected chi connectivity index (χ3v) is 4.69. The Morgan fingerprint density at radius 2 is 2.00 bits per heavy atom. The van der Waals surface area contributed by atoms with E-state index in [0.29, 0.717) is 18.7 Å². The molecule has 0 saturated carbocycles. The smallest absolute Gasteiger partial charge is 0.409 e. The van der Waals surface area contributed by atoms with E-state index in [1.807, 2.05) is 17.9 Å². The number of nitrogens with zero attached hydrogens (tertiary/aromatic N) is 1. The number of hydrogen-bond acceptors (Lipinski definition) is 4. The maximum atomic E-state index is 11.7. The van der Waals surface area contributed by atoms with Gasteiger partial charge in [0, 0.05) is 31.8 Å². The lowest BCUT2D eigenvalue weighted by Gasteiger charge is -2.34. The molecule has 2 heterocycles. The van der Waals surface area contributed by atoms with Crippen molar-refractivity contribution >= 4 is 6.09 Å². The Morgan fingerprint density at radius 3 is 2.70 bits per heavy atom. The van der Waals surface area contributed by atoms with Gasteiger partial charge in [-0.15, -0.1) is 0 Å². The molecule has 0 radical (unpaired) electrons. The van der Waals surface area contributed by atoms with Crippen molar-refractivity contribution in [2.24, 2.45) is 0 Å². The van der Waals surface area contributed by atoms with Crippen LogP contribution in [0.3, 0.4) is 0 Å². The summed E-state index contributed by atoms with van der Waals surface area (Å²) >= 11 is 0. The van der Waals surface area contributed by atoms with Crippen LogP contribution in [0.25, 0.3) is 0 Å². The first-order valence-electron chi connectivity index (χ1n) is 8.62. The van der Waals surface area contributed by atoms with Crippen molar-refractivity contribution in [3.05, 3.63) is 35.9 Å². The van der Waals surface area contributed by atoms with Crippen molar-refractivity contribution in [2.45, 2.75) is 44.4 Å². The molecule has 2 atom stereocenters. The molecule has 0 aliphatic carbocycles. The normalized spacial score (nSPS) is 25.5. The highest BCUT2D eigenvalue weighted by molar-refractivity contribution is 5.67. The van der Waals surface area contributed by atoms with Gasteiger partial charge in [-0.2, -0.15) is 0 Å². The molecule has 23 heavy (non-hydrogen) atoms. The third-order valence-electron chi connectivity index (χ3n) is 4.69. The van der Waals surface area contributed by atoms with Gasteiger partial charge < -0.3 is 19.7 Å². The van der Waals surface area contributed by atoms with Crippen molar-refractivity contribution in [3.63, 3.8) is 0 Å². The summed E-state index contributed by atoms with van der Waals surface area (Å²) in [6, 6.07) is 11.2. The molecule has 5 heteroatoms. The van der Waals surface area contributed by atoms with Crippen LogP contribution in [0, 0.1) is 0 Å². The zero-order valence-electron chi connectivity index (χ0n) is 13.7. The number of likely N-dealkylation sites (tertiary alicyclic amines) is 1. The monoisotopic (exact) mass is 318 g/mol. The average molecular weight is 318 g/mol. The fourth-order valence-corrected chi connectivity index (χ4v) is 3.48. The molecule has 5 nitrogen and oxygen atoms in total. The summed E-state index contributed by atoms with van der Waals surface area (Å²) < 4.78 is 11.0. The van der Waals surface area contributed by atoms with E-state index in [0.717, 1.165) is 39.0 Å². The lowest BCUT2D eigenvalue weighted by Crippen LogP contribution is -2.48. The topological polar surface area (TPSA) is 50.8 Å². The predicted octanol–water partition coefficient (Wildman–Crippen LogP) is 2.73. The quantitative estimate of drug-likeness (QED) is 0.927. The molecular weight excluding hydrogens is 292 g/mol. The van der Waals surface area contributed by atoms with Gasteiger partial charge in [0.1, 0.15) is 0 Å². The summed E-state index contributed by atoms with van der Waals surface area (Å²) in [5.74, 6) is 0. The van der Waals surface area contributed by atoms with Crippen LogP contribution in [0.5, 0.6) is 0 Å². The van der Waals surface area contributed by atoms with E-state index in [4.69, 9.17) is 9.47 Å². The Hall–Kier alpha value is -1.59. The van der Waals surface area contributed by atoms with Crippen molar-refractivity contribution in [2.75, 3.05) is 26.3 Å². The third kappa shape index (κ3) is 4.03. The molecule has 1 amide bonds. The number of rotatable bonds is 4. The maximum Gasteiger partial charge on any atom is 0.409 e. The van der Waals surface area contributed by atoms with E-state index < -0.39 is 0 Å². The lowest BCUT2D eigenvalue weighted by atomic mass is 9.98. The second kappa shape index (κ2) is 7.79. The van der Waals surface area contributed by atoms with E-state index >= 15 is 0 Å². The van der Waals surface area contributed by atoms with Gasteiger partial charge in [-0.3, -0.25) is 0 Å². The second-order valence-electron chi connectivity index (χ2n) is 6.22. The van der Waals surface area contributed by atoms with Crippen LogP contribution in [0.15, 0.2) is 30.3 Å². The molecule has 2 unspecified atom stereocenters. The average Bonchev–Trinajstić information content (AvgIpc) is 3.05. The van der Waals surface area contributed by atoms with E-state index in [-0.39, 0.29) is 12.2 Å². The molecule has 1 aromatic rings. The Bertz CT molecular complexity index is 500. The number of amides is 1. The van der Waals surface area contributed by atoms with Crippen LogP contribution < -0.4 is 5.32 Å². The minimum absolute atomic E-state index is 0.138. The molecular formula is C18H26N2O3. The molecule has 3 rings (SSSR count). The summed E-state index contributed by atoms with van der Waals surface area (Å²) in [6.07, 6.45) is 2.93. The van der Waals surface area contributed by atoms with Gasteiger partial charge in [0.15, 0.2) is 0 Å². The highest BCUT2D eigenvalue weighted by Crippen LogP contribution is 2.30. The number of carbonyl (C=O) groups is 1. The fourth-order valence-electron chi connectivity index (χ4n) is 3.48. The van der Waals surface area contributed by atoms with E-state index in [1.54, 1.807) is 0 Å². The van der Waals surface area contributed by atoms with Gasteiger partial charge in [-0.25, -0.2) is 4.79 Å². The molecule has 1 N–H and O–H groups in total. The van der Waals surface area contributed by atoms with Gasteiger partial charge in [-0.1, -0.05) is 30.3 Å². The van der Waals surface area contributed by atoms with Gasteiger partial charge >= 0.3 is 6.09 Å². The summed E-state index contributed by atoms with van der Waals surface area (Å²) in [4.78, 5) is 13.6. The zero-order valence-corrected chi connectivity index (χ0v) is 13.7. The van der Waals surface area contributed by atoms with Crippen LogP contribution in [-0.4, -0.2) is 49.4 Å². The summed E-state index contributed by atoms with van der Waals surface area (Å²) in [5, 5.41) is 3.75. The Balaban J connectivity index is 1.51. The number of nitrogens with one attached hydrogen (secondary N) is 1. The van der Waals surface area contributed by atoms with Crippen LogP contribution in [0.4, 0.5) is 4.79 Å².